The first-order chi connectivity index (χ1) is 12.0. The summed E-state index contributed by atoms with van der Waals surface area (Å²) in [5, 5.41) is 11.5. The van der Waals surface area contributed by atoms with Gasteiger partial charge in [0.15, 0.2) is 0 Å². The molecule has 0 bridgehead atoms. The number of rotatable bonds is 5. The second-order valence-electron chi connectivity index (χ2n) is 7.53. The van der Waals surface area contributed by atoms with Crippen molar-refractivity contribution in [2.45, 2.75) is 51.6 Å². The molecule has 0 radical (unpaired) electrons. The number of unbranched alkanes of at least 4 members (excludes halogenated alkanes) is 1. The van der Waals surface area contributed by atoms with Crippen LogP contribution in [0.5, 0.6) is 0 Å². The molecule has 2 N–H and O–H groups in total. The Morgan fingerprint density at radius 1 is 1.24 bits per heavy atom. The van der Waals surface area contributed by atoms with Crippen LogP contribution in [0.1, 0.15) is 44.7 Å². The zero-order valence-corrected chi connectivity index (χ0v) is 15.9. The second-order valence-corrected chi connectivity index (χ2v) is 8.31. The van der Waals surface area contributed by atoms with Crippen molar-refractivity contribution >= 4 is 34.3 Å². The highest BCUT2D eigenvalue weighted by molar-refractivity contribution is 7.07. The van der Waals surface area contributed by atoms with Crippen molar-refractivity contribution in [3.05, 3.63) is 40.1 Å². The molecular weight excluding hydrogens is 330 g/mol. The van der Waals surface area contributed by atoms with Gasteiger partial charge in [0.1, 0.15) is 6.17 Å². The maximum absolute atomic E-state index is 12.9. The summed E-state index contributed by atoms with van der Waals surface area (Å²) < 4.78 is 0. The van der Waals surface area contributed by atoms with Crippen LogP contribution in [0.15, 0.2) is 29.0 Å². The number of thiophene rings is 1. The first kappa shape index (κ1) is 16.5. The number of anilines is 3. The third kappa shape index (κ3) is 2.71. The standard InChI is InChI=1S/C20H25N3OS/c1-4-5-7-23-17-11-16-15(10-14(17)20(2,3)19(23)24)21-18(22-16)9-13-6-8-25-12-13/h6,8,10-12,18,21-22H,4-5,7,9H2,1-3H3. The Morgan fingerprint density at radius 3 is 2.68 bits per heavy atom. The average molecular weight is 356 g/mol. The first-order valence-electron chi connectivity index (χ1n) is 9.05. The van der Waals surface area contributed by atoms with Crippen molar-refractivity contribution in [1.29, 1.82) is 0 Å². The van der Waals surface area contributed by atoms with Gasteiger partial charge in [-0.3, -0.25) is 4.79 Å². The van der Waals surface area contributed by atoms with Crippen molar-refractivity contribution in [2.24, 2.45) is 0 Å². The van der Waals surface area contributed by atoms with Gasteiger partial charge in [-0.1, -0.05) is 13.3 Å². The van der Waals surface area contributed by atoms with Gasteiger partial charge in [-0.25, -0.2) is 0 Å². The van der Waals surface area contributed by atoms with Gasteiger partial charge >= 0.3 is 0 Å². The number of nitrogens with one attached hydrogen (secondary N) is 2. The van der Waals surface area contributed by atoms with E-state index in [0.717, 1.165) is 48.4 Å². The van der Waals surface area contributed by atoms with Crippen LogP contribution in [0, 0.1) is 0 Å². The van der Waals surface area contributed by atoms with E-state index in [4.69, 9.17) is 0 Å². The molecule has 1 unspecified atom stereocenters. The quantitative estimate of drug-likeness (QED) is 0.825. The lowest BCUT2D eigenvalue weighted by Crippen LogP contribution is -2.36. The Bertz CT molecular complexity index is 798. The average Bonchev–Trinajstić information content (AvgIpc) is 3.26. The molecule has 5 heteroatoms. The summed E-state index contributed by atoms with van der Waals surface area (Å²) in [7, 11) is 0. The predicted molar refractivity (Wildman–Crippen MR) is 106 cm³/mol. The number of carbonyl (C=O) groups is 1. The van der Waals surface area contributed by atoms with Crippen molar-refractivity contribution in [3.8, 4) is 0 Å². The number of hydrogen-bond donors (Lipinski definition) is 2. The first-order valence-corrected chi connectivity index (χ1v) is 9.99. The lowest BCUT2D eigenvalue weighted by molar-refractivity contribution is -0.122. The van der Waals surface area contributed by atoms with Crippen molar-refractivity contribution in [1.82, 2.24) is 0 Å². The summed E-state index contributed by atoms with van der Waals surface area (Å²) in [6.07, 6.45) is 3.28. The molecule has 4 rings (SSSR count). The van der Waals surface area contributed by atoms with Gasteiger partial charge in [0.25, 0.3) is 0 Å². The largest absolute Gasteiger partial charge is 0.363 e. The number of fused-ring (bicyclic) bond motifs is 2. The van der Waals surface area contributed by atoms with Crippen molar-refractivity contribution in [2.75, 3.05) is 22.1 Å². The maximum Gasteiger partial charge on any atom is 0.237 e. The van der Waals surface area contributed by atoms with E-state index in [1.54, 1.807) is 11.3 Å². The summed E-state index contributed by atoms with van der Waals surface area (Å²) in [6.45, 7) is 7.04. The molecule has 1 amide bonds. The van der Waals surface area contributed by atoms with Gasteiger partial charge < -0.3 is 15.5 Å². The molecule has 1 aromatic carbocycles. The molecule has 132 valence electrons. The molecule has 0 fully saturated rings. The molecule has 1 aromatic heterocycles. The Hall–Kier alpha value is -2.01. The molecule has 3 heterocycles. The van der Waals surface area contributed by atoms with E-state index in [-0.39, 0.29) is 12.1 Å². The second kappa shape index (κ2) is 6.06. The fourth-order valence-corrected chi connectivity index (χ4v) is 4.49. The minimum Gasteiger partial charge on any atom is -0.363 e. The lowest BCUT2D eigenvalue weighted by atomic mass is 9.86. The zero-order chi connectivity index (χ0) is 17.6. The SMILES string of the molecule is CCCCN1C(=O)C(C)(C)c2cc3c(cc21)NC(Cc1ccsc1)N3. The van der Waals surface area contributed by atoms with Crippen LogP contribution in [0.3, 0.4) is 0 Å². The van der Waals surface area contributed by atoms with Gasteiger partial charge in [0.05, 0.1) is 22.5 Å². The minimum absolute atomic E-state index is 0.204. The molecule has 25 heavy (non-hydrogen) atoms. The van der Waals surface area contributed by atoms with E-state index in [9.17, 15) is 4.79 Å². The topological polar surface area (TPSA) is 44.4 Å². The fourth-order valence-electron chi connectivity index (χ4n) is 3.81. The van der Waals surface area contributed by atoms with Crippen LogP contribution in [0.4, 0.5) is 17.1 Å². The van der Waals surface area contributed by atoms with Crippen LogP contribution in [0.25, 0.3) is 0 Å². The molecule has 0 spiro atoms. The summed E-state index contributed by atoms with van der Waals surface area (Å²) >= 11 is 1.73. The molecule has 2 aliphatic heterocycles. The van der Waals surface area contributed by atoms with E-state index in [2.05, 4.69) is 46.5 Å². The summed E-state index contributed by atoms with van der Waals surface area (Å²) in [5.41, 5.74) is 5.31. The Kier molecular flexibility index (Phi) is 3.99. The molecule has 2 aromatic rings. The van der Waals surface area contributed by atoms with Gasteiger partial charge in [-0.05, 0) is 60.4 Å². The number of carbonyl (C=O) groups excluding carboxylic acids is 1. The minimum atomic E-state index is -0.453. The van der Waals surface area contributed by atoms with Gasteiger partial charge in [-0.2, -0.15) is 11.3 Å². The number of amides is 1. The van der Waals surface area contributed by atoms with Gasteiger partial charge in [-0.15, -0.1) is 0 Å². The molecule has 0 saturated heterocycles. The Labute approximate surface area is 153 Å². The molecule has 1 atom stereocenters. The van der Waals surface area contributed by atoms with Crippen molar-refractivity contribution in [3.63, 3.8) is 0 Å². The predicted octanol–water partition coefficient (Wildman–Crippen LogP) is 4.58. The summed E-state index contributed by atoms with van der Waals surface area (Å²) in [5.74, 6) is 0.217. The highest BCUT2D eigenvalue weighted by Crippen LogP contribution is 2.47. The highest BCUT2D eigenvalue weighted by Gasteiger charge is 2.44. The monoisotopic (exact) mass is 355 g/mol. The lowest BCUT2D eigenvalue weighted by Gasteiger charge is -2.20. The Morgan fingerprint density at radius 2 is 2.00 bits per heavy atom. The highest BCUT2D eigenvalue weighted by atomic mass is 32.1. The van der Waals surface area contributed by atoms with E-state index >= 15 is 0 Å². The molecule has 0 aliphatic carbocycles. The van der Waals surface area contributed by atoms with Crippen LogP contribution in [-0.2, 0) is 16.6 Å². The zero-order valence-electron chi connectivity index (χ0n) is 15.1. The van der Waals surface area contributed by atoms with Crippen molar-refractivity contribution < 1.29 is 4.79 Å². The van der Waals surface area contributed by atoms with Gasteiger partial charge in [0, 0.05) is 13.0 Å². The third-order valence-corrected chi connectivity index (χ3v) is 6.03. The summed E-state index contributed by atoms with van der Waals surface area (Å²) in [4.78, 5) is 14.9. The summed E-state index contributed by atoms with van der Waals surface area (Å²) in [6, 6.07) is 6.51. The fraction of sp³-hybridized carbons (Fsp3) is 0.450. The van der Waals surface area contributed by atoms with Gasteiger partial charge in [0.2, 0.25) is 5.91 Å². The van der Waals surface area contributed by atoms with E-state index < -0.39 is 5.41 Å². The molecule has 0 saturated carbocycles. The molecular formula is C20H25N3OS. The molecule has 2 aliphatic rings. The van der Waals surface area contributed by atoms with Crippen LogP contribution < -0.4 is 15.5 Å². The Balaban J connectivity index is 1.63. The number of hydrogen-bond acceptors (Lipinski definition) is 4. The van der Waals surface area contributed by atoms with Crippen LogP contribution >= 0.6 is 11.3 Å². The smallest absolute Gasteiger partial charge is 0.237 e. The van der Waals surface area contributed by atoms with E-state index in [1.807, 2.05) is 18.7 Å². The maximum atomic E-state index is 12.9. The van der Waals surface area contributed by atoms with Crippen LogP contribution in [-0.4, -0.2) is 18.6 Å². The third-order valence-electron chi connectivity index (χ3n) is 5.29. The molecule has 4 nitrogen and oxygen atoms in total. The van der Waals surface area contributed by atoms with Crippen LogP contribution in [0.2, 0.25) is 0 Å². The number of nitrogens with zero attached hydrogens (tertiary/aromatic N) is 1. The van der Waals surface area contributed by atoms with E-state index in [0.29, 0.717) is 0 Å². The van der Waals surface area contributed by atoms with E-state index in [1.165, 1.54) is 5.56 Å². The normalized spacial score (nSPS) is 20.2. The number of benzene rings is 1.